The summed E-state index contributed by atoms with van der Waals surface area (Å²) in [6.07, 6.45) is 0. The summed E-state index contributed by atoms with van der Waals surface area (Å²) in [5, 5.41) is 2.59. The number of thiophene rings is 1. The van der Waals surface area contributed by atoms with Crippen LogP contribution >= 0.6 is 11.3 Å². The van der Waals surface area contributed by atoms with Gasteiger partial charge in [0.05, 0.1) is 17.1 Å². The third-order valence-corrected chi connectivity index (χ3v) is 17.2. The van der Waals surface area contributed by atoms with Gasteiger partial charge in [-0.15, -0.1) is 11.3 Å². The molecule has 14 aromatic rings. The SMILES string of the molecule is Cc1cccc(-c2ccc(N(c3ccc(-c4ccccc4)cc3)c3cc(N(c4ccc(-c5ccccc5)cc4)c4ccc(-c5cccc(C)c5)cc4)cc(N(c4ccccc4)c4ccc(-c5cccc6c5sc5ccccc56)cc4)c3)cc2)c1. The maximum absolute atomic E-state index is 2.41. The van der Waals surface area contributed by atoms with Crippen LogP contribution in [0.2, 0.25) is 0 Å². The van der Waals surface area contributed by atoms with E-state index in [-0.39, 0.29) is 0 Å². The van der Waals surface area contributed by atoms with Crippen LogP contribution in [0.15, 0.2) is 322 Å². The van der Waals surface area contributed by atoms with Gasteiger partial charge in [-0.1, -0.05) is 236 Å². The van der Waals surface area contributed by atoms with Gasteiger partial charge in [-0.05, 0) is 167 Å². The highest BCUT2D eigenvalue weighted by Gasteiger charge is 2.24. The second-order valence-electron chi connectivity index (χ2n) is 21.5. The molecule has 0 aliphatic carbocycles. The van der Waals surface area contributed by atoms with Gasteiger partial charge in [0.25, 0.3) is 0 Å². The first-order valence-corrected chi connectivity index (χ1v) is 29.5. The number of hydrogen-bond donors (Lipinski definition) is 0. The molecule has 14 rings (SSSR count). The van der Waals surface area contributed by atoms with Crippen LogP contribution in [0, 0.1) is 13.8 Å². The fourth-order valence-electron chi connectivity index (χ4n) is 11.8. The maximum Gasteiger partial charge on any atom is 0.0503 e. The summed E-state index contributed by atoms with van der Waals surface area (Å²) in [5.74, 6) is 0. The molecule has 13 aromatic carbocycles. The smallest absolute Gasteiger partial charge is 0.0503 e. The predicted molar refractivity (Wildman–Crippen MR) is 360 cm³/mol. The number of para-hydroxylation sites is 1. The van der Waals surface area contributed by atoms with E-state index < -0.39 is 0 Å². The van der Waals surface area contributed by atoms with Crippen LogP contribution in [0.4, 0.5) is 51.2 Å². The molecule has 0 fully saturated rings. The summed E-state index contributed by atoms with van der Waals surface area (Å²) < 4.78 is 2.60. The Bertz CT molecular complexity index is 4380. The highest BCUT2D eigenvalue weighted by Crippen LogP contribution is 2.48. The highest BCUT2D eigenvalue weighted by atomic mass is 32.1. The van der Waals surface area contributed by atoms with Crippen LogP contribution < -0.4 is 14.7 Å². The molecule has 0 amide bonds. The molecule has 0 saturated heterocycles. The molecule has 0 N–H and O–H groups in total. The number of anilines is 9. The van der Waals surface area contributed by atoms with Crippen molar-refractivity contribution >= 4 is 82.7 Å². The number of hydrogen-bond acceptors (Lipinski definition) is 4. The second kappa shape index (κ2) is 22.8. The van der Waals surface area contributed by atoms with Crippen molar-refractivity contribution in [1.29, 1.82) is 0 Å². The van der Waals surface area contributed by atoms with Crippen molar-refractivity contribution in [2.24, 2.45) is 0 Å². The van der Waals surface area contributed by atoms with Gasteiger partial charge < -0.3 is 14.7 Å². The Labute approximate surface area is 496 Å². The quantitative estimate of drug-likeness (QED) is 0.107. The largest absolute Gasteiger partial charge is 0.310 e. The molecule has 0 saturated carbocycles. The van der Waals surface area contributed by atoms with Crippen LogP contribution in [0.3, 0.4) is 0 Å². The summed E-state index contributed by atoms with van der Waals surface area (Å²) in [7, 11) is 0. The zero-order chi connectivity index (χ0) is 56.3. The van der Waals surface area contributed by atoms with Gasteiger partial charge in [-0.25, -0.2) is 0 Å². The summed E-state index contributed by atoms with van der Waals surface area (Å²) in [6.45, 7) is 4.31. The maximum atomic E-state index is 2.41. The second-order valence-corrected chi connectivity index (χ2v) is 22.6. The highest BCUT2D eigenvalue weighted by molar-refractivity contribution is 7.26. The van der Waals surface area contributed by atoms with Crippen molar-refractivity contribution in [3.05, 3.63) is 333 Å². The summed E-state index contributed by atoms with van der Waals surface area (Å²) >= 11 is 1.87. The van der Waals surface area contributed by atoms with Crippen molar-refractivity contribution in [3.8, 4) is 55.6 Å². The first-order chi connectivity index (χ1) is 41.4. The van der Waals surface area contributed by atoms with Crippen LogP contribution in [-0.4, -0.2) is 0 Å². The number of benzene rings is 13. The van der Waals surface area contributed by atoms with E-state index in [0.29, 0.717) is 0 Å². The van der Waals surface area contributed by atoms with Crippen molar-refractivity contribution in [2.45, 2.75) is 13.8 Å². The Balaban J connectivity index is 0.986. The van der Waals surface area contributed by atoms with Gasteiger partial charge in [-0.2, -0.15) is 0 Å². The van der Waals surface area contributed by atoms with Crippen LogP contribution in [0.1, 0.15) is 11.1 Å². The Morgan fingerprint density at radius 1 is 0.214 bits per heavy atom. The molecule has 0 radical (unpaired) electrons. The van der Waals surface area contributed by atoms with Gasteiger partial charge >= 0.3 is 0 Å². The Morgan fingerprint density at radius 3 is 0.940 bits per heavy atom. The molecule has 0 aliphatic heterocycles. The minimum Gasteiger partial charge on any atom is -0.310 e. The topological polar surface area (TPSA) is 9.72 Å². The minimum atomic E-state index is 0.995. The molecule has 1 aromatic heterocycles. The van der Waals surface area contributed by atoms with Gasteiger partial charge in [0.15, 0.2) is 0 Å². The summed E-state index contributed by atoms with van der Waals surface area (Å²) in [5.41, 5.74) is 23.5. The normalized spacial score (nSPS) is 11.2. The molecule has 84 heavy (non-hydrogen) atoms. The lowest BCUT2D eigenvalue weighted by Gasteiger charge is -2.33. The molecular weight excluding hydrogens is 1030 g/mol. The van der Waals surface area contributed by atoms with Gasteiger partial charge in [0.1, 0.15) is 0 Å². The average Bonchev–Trinajstić information content (AvgIpc) is 2.66. The molecule has 0 unspecified atom stereocenters. The standard InChI is InChI=1S/C80H59N3S/c1-56-17-14-23-65(51-56)62-35-45-70(46-36-62)82(68-41-31-60(32-42-68)58-19-6-3-7-20-58)74-53-73(81(67-25-10-5-11-26-67)72-49-39-64(40-50-72)76-28-16-29-78-77-27-12-13-30-79(77)84-80(76)78)54-75(55-74)83(69-43-33-61(34-44-69)59-21-8-4-9-22-59)71-47-37-63(38-48-71)66-24-15-18-57(2)52-66/h3-55H,1-2H3. The van der Waals surface area contributed by atoms with E-state index in [2.05, 4.69) is 350 Å². The van der Waals surface area contributed by atoms with E-state index in [9.17, 15) is 0 Å². The van der Waals surface area contributed by atoms with Crippen LogP contribution in [0.5, 0.6) is 0 Å². The van der Waals surface area contributed by atoms with E-state index in [1.54, 1.807) is 0 Å². The number of rotatable bonds is 14. The van der Waals surface area contributed by atoms with Gasteiger partial charge in [-0.3, -0.25) is 0 Å². The molecule has 4 heteroatoms. The number of aryl methyl sites for hydroxylation is 2. The first kappa shape index (κ1) is 51.6. The molecular formula is C80H59N3S. The van der Waals surface area contributed by atoms with Crippen LogP contribution in [0.25, 0.3) is 75.8 Å². The zero-order valence-corrected chi connectivity index (χ0v) is 47.7. The Kier molecular flexibility index (Phi) is 14.0. The molecule has 0 atom stereocenters. The van der Waals surface area contributed by atoms with Crippen molar-refractivity contribution in [2.75, 3.05) is 14.7 Å². The molecule has 0 bridgehead atoms. The summed E-state index contributed by atoms with van der Waals surface area (Å²) in [4.78, 5) is 7.24. The minimum absolute atomic E-state index is 0.995. The zero-order valence-electron chi connectivity index (χ0n) is 46.8. The van der Waals surface area contributed by atoms with Gasteiger partial charge in [0.2, 0.25) is 0 Å². The van der Waals surface area contributed by atoms with E-state index >= 15 is 0 Å². The van der Waals surface area contributed by atoms with Crippen molar-refractivity contribution < 1.29 is 0 Å². The fraction of sp³-hybridized carbons (Fsp3) is 0.0250. The molecule has 3 nitrogen and oxygen atoms in total. The fourth-order valence-corrected chi connectivity index (χ4v) is 13.0. The van der Waals surface area contributed by atoms with Crippen molar-refractivity contribution in [3.63, 3.8) is 0 Å². The first-order valence-electron chi connectivity index (χ1n) is 28.7. The lowest BCUT2D eigenvalue weighted by Crippen LogP contribution is -2.16. The average molecular weight is 1090 g/mol. The molecule has 400 valence electrons. The van der Waals surface area contributed by atoms with Crippen LogP contribution in [-0.2, 0) is 0 Å². The van der Waals surface area contributed by atoms with E-state index in [0.717, 1.165) is 73.4 Å². The van der Waals surface area contributed by atoms with Gasteiger partial charge in [0, 0.05) is 54.3 Å². The van der Waals surface area contributed by atoms with E-state index in [4.69, 9.17) is 0 Å². The lowest BCUT2D eigenvalue weighted by molar-refractivity contribution is 1.22. The lowest BCUT2D eigenvalue weighted by atomic mass is 10.0. The van der Waals surface area contributed by atoms with E-state index in [1.165, 1.54) is 64.7 Å². The molecule has 0 spiro atoms. The summed E-state index contributed by atoms with van der Waals surface area (Å²) in [6, 6.07) is 117. The molecule has 1 heterocycles. The van der Waals surface area contributed by atoms with Crippen molar-refractivity contribution in [1.82, 2.24) is 0 Å². The third kappa shape index (κ3) is 10.4. The van der Waals surface area contributed by atoms with E-state index in [1.807, 2.05) is 11.3 Å². The third-order valence-electron chi connectivity index (χ3n) is 15.9. The Morgan fingerprint density at radius 2 is 0.524 bits per heavy atom. The Hall–Kier alpha value is -10.5. The molecule has 0 aliphatic rings. The number of fused-ring (bicyclic) bond motifs is 3. The monoisotopic (exact) mass is 1090 g/mol. The predicted octanol–water partition coefficient (Wildman–Crippen LogP) is 23.4. The number of nitrogens with zero attached hydrogens (tertiary/aromatic N) is 3.